The summed E-state index contributed by atoms with van der Waals surface area (Å²) in [5.74, 6) is -0.431. The van der Waals surface area contributed by atoms with Gasteiger partial charge < -0.3 is 14.6 Å². The maximum Gasteiger partial charge on any atom is 0.296 e. The minimum atomic E-state index is -0.702. The summed E-state index contributed by atoms with van der Waals surface area (Å²) in [5.41, 5.74) is 2.62. The number of aryl methyl sites for hydroxylation is 2. The van der Waals surface area contributed by atoms with Gasteiger partial charge in [0.25, 0.3) is 11.8 Å². The molecule has 27 heavy (non-hydrogen) atoms. The highest BCUT2D eigenvalue weighted by Crippen LogP contribution is 2.29. The minimum absolute atomic E-state index is 0.0348. The third-order valence-electron chi connectivity index (χ3n) is 4.58. The van der Waals surface area contributed by atoms with Crippen molar-refractivity contribution in [1.82, 2.24) is 4.90 Å². The molecule has 0 unspecified atom stereocenters. The van der Waals surface area contributed by atoms with E-state index in [0.29, 0.717) is 17.1 Å². The highest BCUT2D eigenvalue weighted by atomic mass is 16.5. The number of hydrogen-bond donors (Lipinski definition) is 1. The molecule has 2 aromatic rings. The van der Waals surface area contributed by atoms with Crippen LogP contribution >= 0.6 is 0 Å². The van der Waals surface area contributed by atoms with Crippen LogP contribution < -0.4 is 9.47 Å². The van der Waals surface area contributed by atoms with Crippen LogP contribution in [0.25, 0.3) is 5.57 Å². The third kappa shape index (κ3) is 3.65. The van der Waals surface area contributed by atoms with Crippen LogP contribution in [0, 0.1) is 13.8 Å². The van der Waals surface area contributed by atoms with Crippen molar-refractivity contribution in [2.45, 2.75) is 13.8 Å². The topological polar surface area (TPSA) is 76.1 Å². The summed E-state index contributed by atoms with van der Waals surface area (Å²) in [7, 11) is 1.58. The Kier molecular flexibility index (Phi) is 5.16. The quantitative estimate of drug-likeness (QED) is 0.794. The first-order valence-electron chi connectivity index (χ1n) is 8.56. The van der Waals surface area contributed by atoms with Gasteiger partial charge in [-0.15, -0.1) is 0 Å². The molecule has 0 saturated heterocycles. The van der Waals surface area contributed by atoms with Crippen molar-refractivity contribution in [2.24, 2.45) is 0 Å². The predicted molar refractivity (Wildman–Crippen MR) is 101 cm³/mol. The summed E-state index contributed by atoms with van der Waals surface area (Å²) in [5, 5.41) is 10.2. The van der Waals surface area contributed by atoms with Gasteiger partial charge in [0, 0.05) is 0 Å². The van der Waals surface area contributed by atoms with E-state index in [1.54, 1.807) is 43.5 Å². The van der Waals surface area contributed by atoms with Crippen LogP contribution in [0.2, 0.25) is 0 Å². The Hall–Kier alpha value is -3.28. The van der Waals surface area contributed by atoms with Gasteiger partial charge in [-0.1, -0.05) is 18.2 Å². The van der Waals surface area contributed by atoms with Gasteiger partial charge in [0.15, 0.2) is 5.76 Å². The predicted octanol–water partition coefficient (Wildman–Crippen LogP) is 3.03. The van der Waals surface area contributed by atoms with E-state index in [9.17, 15) is 14.7 Å². The number of carbonyl (C=O) groups excluding carboxylic acids is 2. The normalized spacial score (nSPS) is 14.1. The Morgan fingerprint density at radius 3 is 2.22 bits per heavy atom. The molecule has 140 valence electrons. The van der Waals surface area contributed by atoms with Crippen LogP contribution in [-0.4, -0.2) is 42.1 Å². The molecule has 2 aromatic carbocycles. The molecule has 0 spiro atoms. The zero-order valence-corrected chi connectivity index (χ0v) is 15.5. The molecule has 0 saturated carbocycles. The molecule has 1 N–H and O–H groups in total. The highest BCUT2D eigenvalue weighted by Gasteiger charge is 2.39. The molecular formula is C21H21NO5. The number of aliphatic hydroxyl groups excluding tert-OH is 1. The number of rotatable bonds is 6. The van der Waals surface area contributed by atoms with Crippen molar-refractivity contribution in [2.75, 3.05) is 20.3 Å². The fourth-order valence-corrected chi connectivity index (χ4v) is 2.85. The van der Waals surface area contributed by atoms with Crippen molar-refractivity contribution < 1.29 is 24.2 Å². The molecular weight excluding hydrogens is 346 g/mol. The van der Waals surface area contributed by atoms with Crippen LogP contribution in [0.3, 0.4) is 0 Å². The highest BCUT2D eigenvalue weighted by molar-refractivity contribution is 6.34. The molecule has 6 nitrogen and oxygen atoms in total. The van der Waals surface area contributed by atoms with Gasteiger partial charge in [0.05, 0.1) is 19.2 Å². The molecule has 2 amide bonds. The second-order valence-electron chi connectivity index (χ2n) is 6.31. The van der Waals surface area contributed by atoms with Crippen LogP contribution in [0.15, 0.2) is 48.2 Å². The number of nitrogens with zero attached hydrogens (tertiary/aromatic N) is 1. The van der Waals surface area contributed by atoms with E-state index in [-0.39, 0.29) is 18.7 Å². The van der Waals surface area contributed by atoms with Crippen molar-refractivity contribution in [1.29, 1.82) is 0 Å². The molecule has 1 aliphatic heterocycles. The lowest BCUT2D eigenvalue weighted by Crippen LogP contribution is -2.35. The molecule has 6 heteroatoms. The van der Waals surface area contributed by atoms with Crippen molar-refractivity contribution in [3.05, 3.63) is 64.9 Å². The summed E-state index contributed by atoms with van der Waals surface area (Å²) in [6.45, 7) is 4.04. The first-order valence-corrected chi connectivity index (χ1v) is 8.56. The second-order valence-corrected chi connectivity index (χ2v) is 6.31. The lowest BCUT2D eigenvalue weighted by Gasteiger charge is -2.15. The number of imide groups is 1. The van der Waals surface area contributed by atoms with E-state index in [2.05, 4.69) is 0 Å². The molecule has 0 radical (unpaired) electrons. The number of aliphatic hydroxyl groups is 1. The fourth-order valence-electron chi connectivity index (χ4n) is 2.85. The van der Waals surface area contributed by atoms with Crippen LogP contribution in [0.4, 0.5) is 0 Å². The lowest BCUT2D eigenvalue weighted by atomic mass is 10.0. The van der Waals surface area contributed by atoms with Gasteiger partial charge in [0.2, 0.25) is 0 Å². The number of amides is 2. The van der Waals surface area contributed by atoms with E-state index in [0.717, 1.165) is 16.0 Å². The third-order valence-corrected chi connectivity index (χ3v) is 4.58. The Bertz CT molecular complexity index is 915. The van der Waals surface area contributed by atoms with Crippen molar-refractivity contribution in [3.63, 3.8) is 0 Å². The molecule has 0 aliphatic carbocycles. The Morgan fingerprint density at radius 1 is 0.926 bits per heavy atom. The van der Waals surface area contributed by atoms with E-state index in [1.807, 2.05) is 19.9 Å². The summed E-state index contributed by atoms with van der Waals surface area (Å²) in [4.78, 5) is 26.0. The summed E-state index contributed by atoms with van der Waals surface area (Å²) >= 11 is 0. The van der Waals surface area contributed by atoms with E-state index < -0.39 is 17.6 Å². The van der Waals surface area contributed by atoms with Crippen molar-refractivity contribution >= 4 is 17.4 Å². The zero-order chi connectivity index (χ0) is 19.6. The van der Waals surface area contributed by atoms with Gasteiger partial charge in [-0.2, -0.15) is 0 Å². The molecule has 0 aromatic heterocycles. The number of ether oxygens (including phenoxy) is 2. The maximum absolute atomic E-state index is 12.7. The van der Waals surface area contributed by atoms with Crippen molar-refractivity contribution in [3.8, 4) is 11.5 Å². The van der Waals surface area contributed by atoms with Gasteiger partial charge in [-0.25, -0.2) is 0 Å². The largest absolute Gasteiger partial charge is 0.502 e. The smallest absolute Gasteiger partial charge is 0.296 e. The first-order chi connectivity index (χ1) is 12.9. The minimum Gasteiger partial charge on any atom is -0.502 e. The molecule has 3 rings (SSSR count). The Morgan fingerprint density at radius 2 is 1.59 bits per heavy atom. The van der Waals surface area contributed by atoms with Gasteiger partial charge in [-0.05, 0) is 54.8 Å². The lowest BCUT2D eigenvalue weighted by molar-refractivity contribution is -0.138. The summed E-state index contributed by atoms with van der Waals surface area (Å²) in [6.07, 6.45) is 0. The van der Waals surface area contributed by atoms with Gasteiger partial charge in [-0.3, -0.25) is 14.5 Å². The molecule has 0 fully saturated rings. The number of methoxy groups -OCH3 is 1. The number of hydrogen-bond acceptors (Lipinski definition) is 5. The average Bonchev–Trinajstić information content (AvgIpc) is 2.88. The first kappa shape index (κ1) is 18.5. The number of benzene rings is 2. The zero-order valence-electron chi connectivity index (χ0n) is 15.5. The Labute approximate surface area is 157 Å². The SMILES string of the molecule is COc1ccc(OCCN2C(=O)C(O)=C(c3ccc(C)c(C)c3)C2=O)cc1. The molecule has 0 atom stereocenters. The maximum atomic E-state index is 12.7. The van der Waals surface area contributed by atoms with E-state index >= 15 is 0 Å². The molecule has 1 heterocycles. The van der Waals surface area contributed by atoms with Gasteiger partial charge in [0.1, 0.15) is 18.1 Å². The second kappa shape index (κ2) is 7.53. The summed E-state index contributed by atoms with van der Waals surface area (Å²) < 4.78 is 10.7. The van der Waals surface area contributed by atoms with Crippen LogP contribution in [0.5, 0.6) is 11.5 Å². The Balaban J connectivity index is 1.68. The standard InChI is InChI=1S/C21H21NO5/c1-13-4-5-15(12-14(13)2)18-19(23)21(25)22(20(18)24)10-11-27-17-8-6-16(26-3)7-9-17/h4-9,12,23H,10-11H2,1-3H3. The molecule has 1 aliphatic rings. The monoisotopic (exact) mass is 367 g/mol. The molecule has 0 bridgehead atoms. The van der Waals surface area contributed by atoms with Crippen LogP contribution in [0.1, 0.15) is 16.7 Å². The van der Waals surface area contributed by atoms with E-state index in [1.165, 1.54) is 0 Å². The fraction of sp³-hybridized carbons (Fsp3) is 0.238. The van der Waals surface area contributed by atoms with Gasteiger partial charge >= 0.3 is 0 Å². The summed E-state index contributed by atoms with van der Waals surface area (Å²) in [6, 6.07) is 12.4. The number of carbonyl (C=O) groups is 2. The average molecular weight is 367 g/mol. The van der Waals surface area contributed by atoms with Crippen LogP contribution in [-0.2, 0) is 9.59 Å². The van der Waals surface area contributed by atoms with E-state index in [4.69, 9.17) is 9.47 Å².